The molecule has 0 bridgehead atoms. The third kappa shape index (κ3) is 4.54. The van der Waals surface area contributed by atoms with Gasteiger partial charge in [-0.05, 0) is 24.6 Å². The smallest absolute Gasteiger partial charge is 0.223 e. The SMILES string of the molecule is COc1cc(C2=C(c3ccnc(NC[C@H](C)O)n3)CC(c3ccccc3)=N2)cnc1N. The Hall–Kier alpha value is -3.78. The number of methoxy groups -OCH3 is 1. The first kappa shape index (κ1) is 20.5. The number of allylic oxidation sites excluding steroid dienone is 1. The van der Waals surface area contributed by atoms with Crippen molar-refractivity contribution in [2.75, 3.05) is 24.7 Å². The summed E-state index contributed by atoms with van der Waals surface area (Å²) in [7, 11) is 1.56. The van der Waals surface area contributed by atoms with Crippen molar-refractivity contribution in [2.24, 2.45) is 4.99 Å². The molecule has 1 aliphatic rings. The lowest BCUT2D eigenvalue weighted by Crippen LogP contribution is -2.17. The van der Waals surface area contributed by atoms with Gasteiger partial charge in [0.25, 0.3) is 0 Å². The molecule has 1 atom stereocenters. The number of anilines is 2. The molecule has 0 saturated heterocycles. The molecule has 158 valence electrons. The molecular formula is C23H24N6O2. The zero-order chi connectivity index (χ0) is 21.8. The second-order valence-electron chi connectivity index (χ2n) is 7.24. The molecule has 0 saturated carbocycles. The highest BCUT2D eigenvalue weighted by molar-refractivity contribution is 6.16. The van der Waals surface area contributed by atoms with Crippen LogP contribution < -0.4 is 15.8 Å². The van der Waals surface area contributed by atoms with E-state index in [0.29, 0.717) is 30.5 Å². The van der Waals surface area contributed by atoms with E-state index in [1.54, 1.807) is 26.4 Å². The molecule has 8 nitrogen and oxygen atoms in total. The van der Waals surface area contributed by atoms with Crippen LogP contribution in [0.1, 0.15) is 30.2 Å². The number of aromatic nitrogens is 3. The molecule has 3 heterocycles. The zero-order valence-corrected chi connectivity index (χ0v) is 17.4. The van der Waals surface area contributed by atoms with Crippen molar-refractivity contribution in [3.63, 3.8) is 0 Å². The van der Waals surface area contributed by atoms with Crippen LogP contribution in [0.15, 0.2) is 59.9 Å². The number of benzene rings is 1. The van der Waals surface area contributed by atoms with Crippen LogP contribution >= 0.6 is 0 Å². The van der Waals surface area contributed by atoms with Gasteiger partial charge in [-0.1, -0.05) is 30.3 Å². The minimum absolute atomic E-state index is 0.324. The third-order valence-electron chi connectivity index (χ3n) is 4.88. The predicted octanol–water partition coefficient (Wildman–Crippen LogP) is 3.02. The Balaban J connectivity index is 1.78. The largest absolute Gasteiger partial charge is 0.493 e. The Morgan fingerprint density at radius 3 is 2.71 bits per heavy atom. The number of ether oxygens (including phenoxy) is 1. The highest BCUT2D eigenvalue weighted by Crippen LogP contribution is 2.37. The molecular weight excluding hydrogens is 392 g/mol. The number of rotatable bonds is 7. The van der Waals surface area contributed by atoms with Gasteiger partial charge in [-0.15, -0.1) is 0 Å². The molecule has 0 spiro atoms. The molecule has 1 aliphatic heterocycles. The van der Waals surface area contributed by atoms with E-state index in [4.69, 9.17) is 15.5 Å². The van der Waals surface area contributed by atoms with E-state index >= 15 is 0 Å². The Kier molecular flexibility index (Phi) is 5.90. The number of pyridine rings is 1. The first-order valence-corrected chi connectivity index (χ1v) is 9.96. The van der Waals surface area contributed by atoms with Gasteiger partial charge in [0.2, 0.25) is 5.95 Å². The quantitative estimate of drug-likeness (QED) is 0.542. The van der Waals surface area contributed by atoms with Gasteiger partial charge in [-0.3, -0.25) is 4.99 Å². The summed E-state index contributed by atoms with van der Waals surface area (Å²) in [5.41, 5.74) is 11.2. The molecule has 0 radical (unpaired) electrons. The van der Waals surface area contributed by atoms with Gasteiger partial charge in [-0.25, -0.2) is 15.0 Å². The van der Waals surface area contributed by atoms with Crippen LogP contribution in [0.2, 0.25) is 0 Å². The lowest BCUT2D eigenvalue weighted by molar-refractivity contribution is 0.208. The van der Waals surface area contributed by atoms with Crippen molar-refractivity contribution in [1.82, 2.24) is 15.0 Å². The Labute approximate surface area is 180 Å². The second kappa shape index (κ2) is 8.93. The molecule has 31 heavy (non-hydrogen) atoms. The molecule has 0 aliphatic carbocycles. The van der Waals surface area contributed by atoms with Crippen molar-refractivity contribution in [1.29, 1.82) is 0 Å². The van der Waals surface area contributed by atoms with Crippen LogP contribution in [0.4, 0.5) is 11.8 Å². The Bertz CT molecular complexity index is 1140. The molecule has 4 rings (SSSR count). The van der Waals surface area contributed by atoms with Crippen molar-refractivity contribution in [3.8, 4) is 5.75 Å². The Morgan fingerprint density at radius 2 is 1.97 bits per heavy atom. The van der Waals surface area contributed by atoms with E-state index in [1.807, 2.05) is 42.5 Å². The van der Waals surface area contributed by atoms with E-state index in [2.05, 4.69) is 20.3 Å². The molecule has 2 aromatic heterocycles. The fourth-order valence-corrected chi connectivity index (χ4v) is 3.34. The maximum absolute atomic E-state index is 9.54. The summed E-state index contributed by atoms with van der Waals surface area (Å²) < 4.78 is 5.35. The number of hydrogen-bond acceptors (Lipinski definition) is 8. The predicted molar refractivity (Wildman–Crippen MR) is 122 cm³/mol. The normalized spacial score (nSPS) is 14.4. The van der Waals surface area contributed by atoms with Gasteiger partial charge in [0.1, 0.15) is 0 Å². The molecule has 8 heteroatoms. The van der Waals surface area contributed by atoms with Crippen LogP contribution in [-0.4, -0.2) is 45.5 Å². The van der Waals surface area contributed by atoms with E-state index in [-0.39, 0.29) is 0 Å². The van der Waals surface area contributed by atoms with Crippen molar-refractivity contribution >= 4 is 28.7 Å². The summed E-state index contributed by atoms with van der Waals surface area (Å²) in [6, 6.07) is 13.7. The van der Waals surface area contributed by atoms with Crippen molar-refractivity contribution in [2.45, 2.75) is 19.4 Å². The molecule has 0 unspecified atom stereocenters. The topological polar surface area (TPSA) is 119 Å². The number of aliphatic hydroxyl groups excluding tert-OH is 1. The molecule has 1 aromatic carbocycles. The van der Waals surface area contributed by atoms with Gasteiger partial charge in [0.15, 0.2) is 11.6 Å². The Morgan fingerprint density at radius 1 is 1.16 bits per heavy atom. The van der Waals surface area contributed by atoms with Crippen molar-refractivity contribution < 1.29 is 9.84 Å². The minimum Gasteiger partial charge on any atom is -0.493 e. The van der Waals surface area contributed by atoms with E-state index in [0.717, 1.165) is 33.8 Å². The third-order valence-corrected chi connectivity index (χ3v) is 4.88. The average molecular weight is 416 g/mol. The molecule has 3 aromatic rings. The number of hydrogen-bond donors (Lipinski definition) is 3. The van der Waals surface area contributed by atoms with Gasteiger partial charge in [0, 0.05) is 36.5 Å². The minimum atomic E-state index is -0.505. The summed E-state index contributed by atoms with van der Waals surface area (Å²) >= 11 is 0. The lowest BCUT2D eigenvalue weighted by atomic mass is 10.00. The second-order valence-corrected chi connectivity index (χ2v) is 7.24. The van der Waals surface area contributed by atoms with Gasteiger partial charge >= 0.3 is 0 Å². The van der Waals surface area contributed by atoms with E-state index in [9.17, 15) is 5.11 Å². The standard InChI is InChI=1S/C23H24N6O2/c1-14(30)12-27-23-25-9-8-18(29-23)17-11-19(15-6-4-3-5-7-15)28-21(17)16-10-20(31-2)22(24)26-13-16/h3-10,13-14,30H,11-12H2,1-2H3,(H2,24,26)(H,25,27,29)/t14-/m0/s1. The van der Waals surface area contributed by atoms with E-state index in [1.165, 1.54) is 0 Å². The summed E-state index contributed by atoms with van der Waals surface area (Å²) in [4.78, 5) is 18.1. The van der Waals surface area contributed by atoms with E-state index < -0.39 is 6.10 Å². The average Bonchev–Trinajstić information content (AvgIpc) is 3.24. The maximum atomic E-state index is 9.54. The summed E-state index contributed by atoms with van der Waals surface area (Å²) in [6.07, 6.45) is 3.49. The number of nitrogens with one attached hydrogen (secondary N) is 1. The molecule has 0 fully saturated rings. The van der Waals surface area contributed by atoms with Crippen LogP contribution in [0.25, 0.3) is 11.3 Å². The first-order valence-electron chi connectivity index (χ1n) is 9.96. The number of nitrogen functional groups attached to an aromatic ring is 1. The van der Waals surface area contributed by atoms with Crippen LogP contribution in [0.3, 0.4) is 0 Å². The van der Waals surface area contributed by atoms with Gasteiger partial charge < -0.3 is 20.9 Å². The van der Waals surface area contributed by atoms with Crippen LogP contribution in [0, 0.1) is 0 Å². The lowest BCUT2D eigenvalue weighted by Gasteiger charge is -2.11. The fourth-order valence-electron chi connectivity index (χ4n) is 3.34. The summed E-state index contributed by atoms with van der Waals surface area (Å²) in [5, 5.41) is 12.6. The maximum Gasteiger partial charge on any atom is 0.223 e. The summed E-state index contributed by atoms with van der Waals surface area (Å²) in [5.74, 6) is 1.27. The van der Waals surface area contributed by atoms with Crippen molar-refractivity contribution in [3.05, 3.63) is 71.7 Å². The van der Waals surface area contributed by atoms with Gasteiger partial charge in [0.05, 0.1) is 30.3 Å². The molecule has 4 N–H and O–H groups in total. The number of nitrogens with two attached hydrogens (primary N) is 1. The monoisotopic (exact) mass is 416 g/mol. The van der Waals surface area contributed by atoms with Gasteiger partial charge in [-0.2, -0.15) is 0 Å². The number of aliphatic hydroxyl groups is 1. The first-order chi connectivity index (χ1) is 15.0. The highest BCUT2D eigenvalue weighted by atomic mass is 16.5. The van der Waals surface area contributed by atoms with Crippen LogP contribution in [0.5, 0.6) is 5.75 Å². The zero-order valence-electron chi connectivity index (χ0n) is 17.4. The summed E-state index contributed by atoms with van der Waals surface area (Å²) in [6.45, 7) is 2.07. The fraction of sp³-hybridized carbons (Fsp3) is 0.217. The number of aliphatic imine (C=N–C) groups is 1. The van der Waals surface area contributed by atoms with Crippen LogP contribution in [-0.2, 0) is 0 Å². The highest BCUT2D eigenvalue weighted by Gasteiger charge is 2.24. The molecule has 0 amide bonds. The number of nitrogens with zero attached hydrogens (tertiary/aromatic N) is 4.